The number of aromatic nitrogens is 2. The summed E-state index contributed by atoms with van der Waals surface area (Å²) in [6.07, 6.45) is 1.38. The molecule has 1 aromatic heterocycles. The van der Waals surface area contributed by atoms with E-state index in [1.54, 1.807) is 20.8 Å². The molecule has 0 unspecified atom stereocenters. The highest BCUT2D eigenvalue weighted by atomic mass is 35.5. The van der Waals surface area contributed by atoms with Crippen molar-refractivity contribution < 1.29 is 8.42 Å². The lowest BCUT2D eigenvalue weighted by Gasteiger charge is -2.19. The zero-order chi connectivity index (χ0) is 11.7. The molecule has 0 aliphatic rings. The van der Waals surface area contributed by atoms with Gasteiger partial charge in [-0.2, -0.15) is 0 Å². The van der Waals surface area contributed by atoms with Crippen molar-refractivity contribution in [3.8, 4) is 0 Å². The fourth-order valence-corrected chi connectivity index (χ4v) is 1.44. The lowest BCUT2D eigenvalue weighted by molar-refractivity contribution is 0.565. The van der Waals surface area contributed by atoms with Crippen molar-refractivity contribution in [2.75, 3.05) is 4.72 Å². The topological polar surface area (TPSA) is 72.0 Å². The Labute approximate surface area is 93.9 Å². The minimum absolute atomic E-state index is 0.0163. The Bertz CT molecular complexity index is 453. The van der Waals surface area contributed by atoms with Crippen LogP contribution in [0.5, 0.6) is 0 Å². The van der Waals surface area contributed by atoms with E-state index in [2.05, 4.69) is 14.7 Å². The highest BCUT2D eigenvalue weighted by Gasteiger charge is 2.29. The summed E-state index contributed by atoms with van der Waals surface area (Å²) < 4.78 is 24.7. The molecule has 0 fully saturated rings. The summed E-state index contributed by atoms with van der Waals surface area (Å²) in [5.41, 5.74) is 0. The Morgan fingerprint density at radius 3 is 2.47 bits per heavy atom. The maximum absolute atomic E-state index is 11.7. The lowest BCUT2D eigenvalue weighted by atomic mass is 10.3. The maximum atomic E-state index is 11.7. The molecule has 0 radical (unpaired) electrons. The van der Waals surface area contributed by atoms with Gasteiger partial charge in [0.1, 0.15) is 5.15 Å². The molecule has 7 heteroatoms. The van der Waals surface area contributed by atoms with E-state index in [4.69, 9.17) is 11.6 Å². The van der Waals surface area contributed by atoms with Crippen LogP contribution < -0.4 is 4.72 Å². The molecule has 5 nitrogen and oxygen atoms in total. The third-order valence-corrected chi connectivity index (χ3v) is 3.93. The van der Waals surface area contributed by atoms with Gasteiger partial charge in [-0.15, -0.1) is 0 Å². The van der Waals surface area contributed by atoms with E-state index in [1.165, 1.54) is 12.3 Å². The molecule has 15 heavy (non-hydrogen) atoms. The second-order valence-corrected chi connectivity index (χ2v) is 6.74. The first-order valence-corrected chi connectivity index (χ1v) is 6.09. The fraction of sp³-hybridized carbons (Fsp3) is 0.500. The third kappa shape index (κ3) is 3.04. The molecule has 0 aliphatic carbocycles. The van der Waals surface area contributed by atoms with Crippen LogP contribution in [0.1, 0.15) is 20.8 Å². The molecular formula is C8H12ClN3O2S. The van der Waals surface area contributed by atoms with Crippen LogP contribution in [0, 0.1) is 0 Å². The molecule has 0 aromatic carbocycles. The van der Waals surface area contributed by atoms with Crippen LogP contribution >= 0.6 is 11.6 Å². The smallest absolute Gasteiger partial charge is 0.239 e. The van der Waals surface area contributed by atoms with Gasteiger partial charge in [0.2, 0.25) is 16.0 Å². The quantitative estimate of drug-likeness (QED) is 0.810. The van der Waals surface area contributed by atoms with Gasteiger partial charge in [-0.05, 0) is 26.8 Å². The highest BCUT2D eigenvalue weighted by molar-refractivity contribution is 7.94. The number of halogens is 1. The Morgan fingerprint density at radius 2 is 2.00 bits per heavy atom. The second kappa shape index (κ2) is 3.94. The number of anilines is 1. The number of nitrogens with one attached hydrogen (secondary N) is 1. The fourth-order valence-electron chi connectivity index (χ4n) is 0.659. The second-order valence-electron chi connectivity index (χ2n) is 3.92. The molecule has 0 atom stereocenters. The van der Waals surface area contributed by atoms with Crippen molar-refractivity contribution in [2.24, 2.45) is 0 Å². The van der Waals surface area contributed by atoms with Gasteiger partial charge in [-0.3, -0.25) is 4.72 Å². The van der Waals surface area contributed by atoms with Crippen molar-refractivity contribution in [3.05, 3.63) is 17.4 Å². The lowest BCUT2D eigenvalue weighted by Crippen LogP contribution is -2.34. The Morgan fingerprint density at radius 1 is 1.40 bits per heavy atom. The van der Waals surface area contributed by atoms with Crippen molar-refractivity contribution in [2.45, 2.75) is 25.5 Å². The van der Waals surface area contributed by atoms with Crippen molar-refractivity contribution in [1.29, 1.82) is 0 Å². The number of hydrogen-bond donors (Lipinski definition) is 1. The summed E-state index contributed by atoms with van der Waals surface area (Å²) >= 11 is 5.60. The van der Waals surface area contributed by atoms with Gasteiger partial charge >= 0.3 is 0 Å². The summed E-state index contributed by atoms with van der Waals surface area (Å²) in [5.74, 6) is -0.0163. The first kappa shape index (κ1) is 12.2. The molecular weight excluding hydrogens is 238 g/mol. The molecule has 0 spiro atoms. The Balaban J connectivity index is 2.98. The zero-order valence-corrected chi connectivity index (χ0v) is 10.2. The van der Waals surface area contributed by atoms with E-state index >= 15 is 0 Å². The van der Waals surface area contributed by atoms with E-state index in [1.807, 2.05) is 0 Å². The zero-order valence-electron chi connectivity index (χ0n) is 8.65. The maximum Gasteiger partial charge on any atom is 0.239 e. The van der Waals surface area contributed by atoms with Crippen molar-refractivity contribution in [1.82, 2.24) is 9.97 Å². The molecule has 84 valence electrons. The first-order chi connectivity index (χ1) is 6.72. The van der Waals surface area contributed by atoms with E-state index in [-0.39, 0.29) is 11.1 Å². The Kier molecular flexibility index (Phi) is 3.20. The molecule has 0 bridgehead atoms. The van der Waals surface area contributed by atoms with Crippen LogP contribution in [0.4, 0.5) is 5.95 Å². The normalized spacial score (nSPS) is 12.5. The number of sulfonamides is 1. The number of hydrogen-bond acceptors (Lipinski definition) is 4. The molecule has 1 aromatic rings. The molecule has 0 saturated heterocycles. The SMILES string of the molecule is CC(C)(C)S(=O)(=O)Nc1nccc(Cl)n1. The largest absolute Gasteiger partial charge is 0.251 e. The van der Waals surface area contributed by atoms with Crippen LogP contribution in [0.2, 0.25) is 5.15 Å². The predicted octanol–water partition coefficient (Wildman–Crippen LogP) is 1.67. The standard InChI is InChI=1S/C8H12ClN3O2S/c1-8(2,3)15(13,14)12-7-10-5-4-6(9)11-7/h4-5H,1-3H3,(H,10,11,12). The molecule has 0 saturated carbocycles. The summed E-state index contributed by atoms with van der Waals surface area (Å²) in [6.45, 7) is 4.75. The average molecular weight is 250 g/mol. The van der Waals surface area contributed by atoms with Gasteiger partial charge < -0.3 is 0 Å². The third-order valence-electron chi connectivity index (χ3n) is 1.65. The summed E-state index contributed by atoms with van der Waals surface area (Å²) in [7, 11) is -3.50. The Hall–Kier alpha value is -0.880. The van der Waals surface area contributed by atoms with Crippen LogP contribution in [0.25, 0.3) is 0 Å². The highest BCUT2D eigenvalue weighted by Crippen LogP contribution is 2.17. The first-order valence-electron chi connectivity index (χ1n) is 4.23. The minimum Gasteiger partial charge on any atom is -0.251 e. The molecule has 0 aliphatic heterocycles. The van der Waals surface area contributed by atoms with E-state index in [9.17, 15) is 8.42 Å². The van der Waals surface area contributed by atoms with E-state index in [0.717, 1.165) is 0 Å². The molecule has 1 heterocycles. The van der Waals surface area contributed by atoms with Gasteiger partial charge in [-0.1, -0.05) is 11.6 Å². The van der Waals surface area contributed by atoms with Crippen molar-refractivity contribution >= 4 is 27.6 Å². The van der Waals surface area contributed by atoms with E-state index < -0.39 is 14.8 Å². The van der Waals surface area contributed by atoms with Gasteiger partial charge in [0.05, 0.1) is 4.75 Å². The van der Waals surface area contributed by atoms with Crippen LogP contribution in [-0.2, 0) is 10.0 Å². The van der Waals surface area contributed by atoms with Gasteiger partial charge in [-0.25, -0.2) is 18.4 Å². The van der Waals surface area contributed by atoms with Gasteiger partial charge in [0.25, 0.3) is 0 Å². The summed E-state index contributed by atoms with van der Waals surface area (Å²) in [6, 6.07) is 1.47. The molecule has 0 amide bonds. The summed E-state index contributed by atoms with van der Waals surface area (Å²) in [5, 5.41) is 0.191. The van der Waals surface area contributed by atoms with Crippen LogP contribution in [0.3, 0.4) is 0 Å². The predicted molar refractivity (Wildman–Crippen MR) is 59.3 cm³/mol. The monoisotopic (exact) mass is 249 g/mol. The minimum atomic E-state index is -3.50. The van der Waals surface area contributed by atoms with Crippen LogP contribution in [-0.4, -0.2) is 23.1 Å². The molecule has 1 N–H and O–H groups in total. The van der Waals surface area contributed by atoms with Crippen LogP contribution in [0.15, 0.2) is 12.3 Å². The van der Waals surface area contributed by atoms with Crippen molar-refractivity contribution in [3.63, 3.8) is 0 Å². The summed E-state index contributed by atoms with van der Waals surface area (Å²) in [4.78, 5) is 7.49. The van der Waals surface area contributed by atoms with Gasteiger partial charge in [0.15, 0.2) is 0 Å². The average Bonchev–Trinajstić information content (AvgIpc) is 2.00. The number of nitrogens with zero attached hydrogens (tertiary/aromatic N) is 2. The van der Waals surface area contributed by atoms with E-state index in [0.29, 0.717) is 0 Å². The van der Waals surface area contributed by atoms with Gasteiger partial charge in [0, 0.05) is 6.20 Å². The molecule has 1 rings (SSSR count). The number of rotatable bonds is 2.